The van der Waals surface area contributed by atoms with Crippen molar-refractivity contribution in [2.24, 2.45) is 0 Å². The highest BCUT2D eigenvalue weighted by atomic mass is 28.4. The van der Waals surface area contributed by atoms with Crippen molar-refractivity contribution in [1.29, 1.82) is 0 Å². The third-order valence-electron chi connectivity index (χ3n) is 2.71. The van der Waals surface area contributed by atoms with Crippen LogP contribution in [-0.4, -0.2) is 25.5 Å². The van der Waals surface area contributed by atoms with E-state index in [1.165, 1.54) is 19.2 Å². The fraction of sp³-hybridized carbons (Fsp3) is 0.500. The van der Waals surface area contributed by atoms with E-state index in [2.05, 4.69) is 4.43 Å². The maximum atomic E-state index is 12.6. The molecule has 0 aliphatic heterocycles. The molecule has 0 aromatic heterocycles. The van der Waals surface area contributed by atoms with Gasteiger partial charge in [-0.05, 0) is 37.0 Å². The molecule has 0 saturated carbocycles. The second-order valence-electron chi connectivity index (χ2n) is 4.13. The molecule has 0 amide bonds. The van der Waals surface area contributed by atoms with Crippen molar-refractivity contribution < 1.29 is 18.4 Å². The van der Waals surface area contributed by atoms with Crippen molar-refractivity contribution in [3.63, 3.8) is 0 Å². The van der Waals surface area contributed by atoms with Crippen LogP contribution in [0.3, 0.4) is 0 Å². The van der Waals surface area contributed by atoms with Crippen molar-refractivity contribution in [3.05, 3.63) is 35.6 Å². The molecule has 0 atom stereocenters. The summed E-state index contributed by atoms with van der Waals surface area (Å²) in [6, 6.07) is 6.81. The van der Waals surface area contributed by atoms with E-state index in [0.29, 0.717) is 6.04 Å². The smallest absolute Gasteiger partial charge is 0.390 e. The Morgan fingerprint density at radius 2 is 1.76 bits per heavy atom. The second kappa shape index (κ2) is 6.86. The summed E-state index contributed by atoms with van der Waals surface area (Å²) < 4.78 is 17.3. The summed E-state index contributed by atoms with van der Waals surface area (Å²) in [7, 11) is -2.04. The molecule has 0 saturated heterocycles. The molecular weight excluding hydrogens is 239 g/mol. The molecule has 1 aromatic rings. The zero-order valence-corrected chi connectivity index (χ0v) is 11.0. The van der Waals surface area contributed by atoms with Gasteiger partial charge in [0.1, 0.15) is 5.82 Å². The summed E-state index contributed by atoms with van der Waals surface area (Å²) in [5, 5.41) is 0. The molecule has 96 valence electrons. The number of rotatable bonds is 7. The van der Waals surface area contributed by atoms with Crippen molar-refractivity contribution in [2.75, 3.05) is 7.11 Å². The van der Waals surface area contributed by atoms with Crippen molar-refractivity contribution >= 4 is 8.80 Å². The molecule has 0 radical (unpaired) electrons. The van der Waals surface area contributed by atoms with E-state index in [4.69, 9.17) is 0 Å². The van der Waals surface area contributed by atoms with Crippen LogP contribution in [0.5, 0.6) is 0 Å². The summed E-state index contributed by atoms with van der Waals surface area (Å²) in [4.78, 5) is 18.6. The lowest BCUT2D eigenvalue weighted by Gasteiger charge is -2.13. The molecule has 17 heavy (non-hydrogen) atoms. The molecule has 1 rings (SSSR count). The van der Waals surface area contributed by atoms with Crippen molar-refractivity contribution in [3.8, 4) is 0 Å². The van der Waals surface area contributed by atoms with Crippen molar-refractivity contribution in [1.82, 2.24) is 0 Å². The first kappa shape index (κ1) is 14.3. The van der Waals surface area contributed by atoms with Crippen LogP contribution in [0.25, 0.3) is 0 Å². The second-order valence-corrected chi connectivity index (χ2v) is 6.53. The number of aryl methyl sites for hydroxylation is 1. The van der Waals surface area contributed by atoms with Crippen LogP contribution >= 0.6 is 0 Å². The van der Waals surface area contributed by atoms with Gasteiger partial charge in [-0.1, -0.05) is 18.6 Å². The van der Waals surface area contributed by atoms with Gasteiger partial charge in [0.15, 0.2) is 0 Å². The summed E-state index contributed by atoms with van der Waals surface area (Å²) in [6.45, 7) is 0. The molecule has 0 heterocycles. The third-order valence-corrected chi connectivity index (χ3v) is 4.37. The van der Waals surface area contributed by atoms with Crippen LogP contribution in [0.1, 0.15) is 24.8 Å². The first-order valence-corrected chi connectivity index (χ1v) is 7.79. The Labute approximate surface area is 102 Å². The highest BCUT2D eigenvalue weighted by molar-refractivity contribution is 6.57. The van der Waals surface area contributed by atoms with Crippen LogP contribution in [-0.2, 0) is 10.8 Å². The normalized spacial score (nSPS) is 11.8. The largest absolute Gasteiger partial charge is 0.495 e. The molecule has 1 aromatic carbocycles. The van der Waals surface area contributed by atoms with Gasteiger partial charge >= 0.3 is 8.80 Å². The molecule has 3 nitrogen and oxygen atoms in total. The number of hydrogen-bond acceptors (Lipinski definition) is 3. The van der Waals surface area contributed by atoms with E-state index < -0.39 is 8.80 Å². The molecule has 0 aliphatic rings. The third kappa shape index (κ3) is 5.93. The Morgan fingerprint density at radius 1 is 1.12 bits per heavy atom. The van der Waals surface area contributed by atoms with Gasteiger partial charge in [-0.25, -0.2) is 4.39 Å². The Morgan fingerprint density at radius 3 is 2.35 bits per heavy atom. The van der Waals surface area contributed by atoms with Gasteiger partial charge < -0.3 is 14.0 Å². The molecule has 0 aliphatic carbocycles. The summed E-state index contributed by atoms with van der Waals surface area (Å²) in [5.41, 5.74) is 1.11. The quantitative estimate of drug-likeness (QED) is 0.582. The van der Waals surface area contributed by atoms with Crippen LogP contribution in [0.4, 0.5) is 4.39 Å². The molecule has 0 spiro atoms. The van der Waals surface area contributed by atoms with Crippen LogP contribution in [0.15, 0.2) is 24.3 Å². The number of benzene rings is 1. The Kier molecular flexibility index (Phi) is 5.77. The summed E-state index contributed by atoms with van der Waals surface area (Å²) in [5.74, 6) is -0.217. The number of hydrogen-bond donors (Lipinski definition) is 2. The van der Waals surface area contributed by atoms with Gasteiger partial charge in [0, 0.05) is 13.2 Å². The van der Waals surface area contributed by atoms with Gasteiger partial charge in [0.05, 0.1) is 0 Å². The van der Waals surface area contributed by atoms with Gasteiger partial charge in [0.25, 0.3) is 0 Å². The van der Waals surface area contributed by atoms with E-state index in [1.807, 2.05) is 0 Å². The maximum Gasteiger partial charge on any atom is 0.495 e. The SMILES string of the molecule is CO[Si](O)(O)CCCCCc1ccc(F)cc1. The van der Waals surface area contributed by atoms with E-state index in [1.54, 1.807) is 12.1 Å². The highest BCUT2D eigenvalue weighted by Crippen LogP contribution is 2.12. The zero-order chi connectivity index (χ0) is 12.7. The lowest BCUT2D eigenvalue weighted by molar-refractivity contribution is 0.183. The minimum Gasteiger partial charge on any atom is -0.390 e. The van der Waals surface area contributed by atoms with Crippen LogP contribution < -0.4 is 0 Å². The topological polar surface area (TPSA) is 49.7 Å². The Bertz CT molecular complexity index is 327. The molecule has 2 N–H and O–H groups in total. The average Bonchev–Trinajstić information content (AvgIpc) is 2.31. The molecule has 0 fully saturated rings. The maximum absolute atomic E-state index is 12.6. The molecular formula is C12H19FO3Si. The van der Waals surface area contributed by atoms with E-state index >= 15 is 0 Å². The lowest BCUT2D eigenvalue weighted by atomic mass is 10.1. The van der Waals surface area contributed by atoms with E-state index in [9.17, 15) is 14.0 Å². The standard InChI is InChI=1S/C12H19FO3Si/c1-16-17(14,15)10-4-2-3-5-11-6-8-12(13)9-7-11/h6-9,14-15H,2-5,10H2,1H3. The number of halogens is 1. The average molecular weight is 258 g/mol. The van der Waals surface area contributed by atoms with Crippen LogP contribution in [0, 0.1) is 5.82 Å². The van der Waals surface area contributed by atoms with E-state index in [-0.39, 0.29) is 5.82 Å². The summed E-state index contributed by atoms with van der Waals surface area (Å²) >= 11 is 0. The van der Waals surface area contributed by atoms with Gasteiger partial charge in [-0.3, -0.25) is 0 Å². The molecule has 0 unspecified atom stereocenters. The first-order chi connectivity index (χ1) is 8.03. The lowest BCUT2D eigenvalue weighted by Crippen LogP contribution is -2.37. The van der Waals surface area contributed by atoms with Gasteiger partial charge in [0.2, 0.25) is 0 Å². The fourth-order valence-electron chi connectivity index (χ4n) is 1.61. The van der Waals surface area contributed by atoms with Crippen LogP contribution in [0.2, 0.25) is 6.04 Å². The monoisotopic (exact) mass is 258 g/mol. The first-order valence-electron chi connectivity index (χ1n) is 5.78. The minimum atomic E-state index is -3.36. The predicted molar refractivity (Wildman–Crippen MR) is 66.0 cm³/mol. The minimum absolute atomic E-state index is 0.217. The Balaban J connectivity index is 2.14. The summed E-state index contributed by atoms with van der Waals surface area (Å²) in [6.07, 6.45) is 3.50. The Hall–Kier alpha value is -0.753. The molecule has 5 heteroatoms. The van der Waals surface area contributed by atoms with Gasteiger partial charge in [-0.2, -0.15) is 0 Å². The number of unbranched alkanes of at least 4 members (excludes halogenated alkanes) is 2. The zero-order valence-electron chi connectivity index (χ0n) is 10.0. The van der Waals surface area contributed by atoms with Crippen molar-refractivity contribution in [2.45, 2.75) is 31.7 Å². The fourth-order valence-corrected chi connectivity index (χ4v) is 2.53. The highest BCUT2D eigenvalue weighted by Gasteiger charge is 2.29. The van der Waals surface area contributed by atoms with Gasteiger partial charge in [-0.15, -0.1) is 0 Å². The van der Waals surface area contributed by atoms with E-state index in [0.717, 1.165) is 31.2 Å². The molecule has 0 bridgehead atoms. The predicted octanol–water partition coefficient (Wildman–Crippen LogP) is 2.11.